The lowest BCUT2D eigenvalue weighted by Crippen LogP contribution is -1.99. The van der Waals surface area contributed by atoms with E-state index >= 15 is 0 Å². The summed E-state index contributed by atoms with van der Waals surface area (Å²) in [6, 6.07) is 7.08. The van der Waals surface area contributed by atoms with Crippen LogP contribution in [0.2, 0.25) is 0 Å². The van der Waals surface area contributed by atoms with E-state index in [1.54, 1.807) is 14.0 Å². The summed E-state index contributed by atoms with van der Waals surface area (Å²) in [5.74, 6) is -0.481. The highest BCUT2D eigenvalue weighted by Crippen LogP contribution is 2.29. The standard InChI is InChI=1S/C13H11N3O3/c1-7-14-9-5-3-4-8(12(9)19-7)11-6-10(13(17)18)15-16(11)2/h3-6H,1-2H3,(H,17,18). The van der Waals surface area contributed by atoms with Gasteiger partial charge in [-0.05, 0) is 18.2 Å². The molecule has 19 heavy (non-hydrogen) atoms. The average Bonchev–Trinajstić information content (AvgIpc) is 2.90. The van der Waals surface area contributed by atoms with Crippen molar-refractivity contribution in [3.8, 4) is 11.3 Å². The fourth-order valence-electron chi connectivity index (χ4n) is 2.09. The fourth-order valence-corrected chi connectivity index (χ4v) is 2.09. The minimum atomic E-state index is -1.05. The van der Waals surface area contributed by atoms with Crippen molar-refractivity contribution in [3.63, 3.8) is 0 Å². The number of rotatable bonds is 2. The molecule has 2 aromatic heterocycles. The summed E-state index contributed by atoms with van der Waals surface area (Å²) >= 11 is 0. The van der Waals surface area contributed by atoms with E-state index in [2.05, 4.69) is 10.1 Å². The summed E-state index contributed by atoms with van der Waals surface area (Å²) in [5, 5.41) is 12.9. The molecule has 1 N–H and O–H groups in total. The Morgan fingerprint density at radius 1 is 1.42 bits per heavy atom. The third-order valence-corrected chi connectivity index (χ3v) is 2.90. The summed E-state index contributed by atoms with van der Waals surface area (Å²) in [5.41, 5.74) is 2.85. The molecular formula is C13H11N3O3. The van der Waals surface area contributed by atoms with Crippen LogP contribution in [-0.4, -0.2) is 25.8 Å². The molecule has 0 aliphatic rings. The Morgan fingerprint density at radius 3 is 2.89 bits per heavy atom. The molecule has 3 rings (SSSR count). The van der Waals surface area contributed by atoms with E-state index in [0.29, 0.717) is 17.2 Å². The topological polar surface area (TPSA) is 81.1 Å². The van der Waals surface area contributed by atoms with Crippen molar-refractivity contribution in [1.82, 2.24) is 14.8 Å². The molecule has 0 aliphatic carbocycles. The first-order chi connectivity index (χ1) is 9.06. The Labute approximate surface area is 108 Å². The van der Waals surface area contributed by atoms with Gasteiger partial charge in [0.05, 0.1) is 5.69 Å². The lowest BCUT2D eigenvalue weighted by molar-refractivity contribution is 0.0689. The normalized spacial score (nSPS) is 11.1. The second-order valence-electron chi connectivity index (χ2n) is 4.23. The average molecular weight is 257 g/mol. The van der Waals surface area contributed by atoms with Gasteiger partial charge in [-0.3, -0.25) is 4.68 Å². The number of hydrogen-bond donors (Lipinski definition) is 1. The van der Waals surface area contributed by atoms with Gasteiger partial charge in [0.25, 0.3) is 0 Å². The molecule has 96 valence electrons. The van der Waals surface area contributed by atoms with Crippen molar-refractivity contribution < 1.29 is 14.3 Å². The van der Waals surface area contributed by atoms with Crippen LogP contribution in [0.4, 0.5) is 0 Å². The largest absolute Gasteiger partial charge is 0.476 e. The van der Waals surface area contributed by atoms with Gasteiger partial charge in [-0.2, -0.15) is 5.10 Å². The molecule has 0 atom stereocenters. The Morgan fingerprint density at radius 2 is 2.21 bits per heavy atom. The predicted octanol–water partition coefficient (Wildman–Crippen LogP) is 2.23. The van der Waals surface area contributed by atoms with Gasteiger partial charge in [0.2, 0.25) is 0 Å². The van der Waals surface area contributed by atoms with Crippen LogP contribution >= 0.6 is 0 Å². The first-order valence-corrected chi connectivity index (χ1v) is 5.70. The number of aryl methyl sites for hydroxylation is 2. The number of carbonyl (C=O) groups is 1. The maximum atomic E-state index is 11.0. The molecule has 0 saturated carbocycles. The minimum absolute atomic E-state index is 0.00532. The SMILES string of the molecule is Cc1nc2cccc(-c3cc(C(=O)O)nn3C)c2o1. The number of aromatic carboxylic acids is 1. The quantitative estimate of drug-likeness (QED) is 0.761. The number of hydrogen-bond acceptors (Lipinski definition) is 4. The van der Waals surface area contributed by atoms with E-state index in [1.165, 1.54) is 10.7 Å². The van der Waals surface area contributed by atoms with E-state index in [0.717, 1.165) is 11.1 Å². The van der Waals surface area contributed by atoms with Crippen LogP contribution in [-0.2, 0) is 7.05 Å². The van der Waals surface area contributed by atoms with Gasteiger partial charge in [-0.15, -0.1) is 0 Å². The molecule has 2 heterocycles. The van der Waals surface area contributed by atoms with Gasteiger partial charge < -0.3 is 9.52 Å². The van der Waals surface area contributed by atoms with Crippen LogP contribution in [0.1, 0.15) is 16.4 Å². The molecule has 0 saturated heterocycles. The summed E-state index contributed by atoms with van der Waals surface area (Å²) in [6.45, 7) is 1.77. The molecule has 6 nitrogen and oxygen atoms in total. The molecular weight excluding hydrogens is 246 g/mol. The number of carboxylic acids is 1. The van der Waals surface area contributed by atoms with E-state index in [-0.39, 0.29) is 5.69 Å². The molecule has 1 aromatic carbocycles. The summed E-state index contributed by atoms with van der Waals surface area (Å²) in [6.07, 6.45) is 0. The Kier molecular flexibility index (Phi) is 2.38. The number of oxazole rings is 1. The van der Waals surface area contributed by atoms with Gasteiger partial charge in [-0.1, -0.05) is 6.07 Å². The Hall–Kier alpha value is -2.63. The summed E-state index contributed by atoms with van der Waals surface area (Å²) in [4.78, 5) is 15.2. The monoisotopic (exact) mass is 257 g/mol. The molecule has 0 bridgehead atoms. The molecule has 0 spiro atoms. The summed E-state index contributed by atoms with van der Waals surface area (Å²) in [7, 11) is 1.70. The molecule has 0 radical (unpaired) electrons. The molecule has 0 fully saturated rings. The smallest absolute Gasteiger partial charge is 0.356 e. The number of nitrogens with zero attached hydrogens (tertiary/aromatic N) is 3. The van der Waals surface area contributed by atoms with E-state index < -0.39 is 5.97 Å². The highest BCUT2D eigenvalue weighted by atomic mass is 16.4. The second kappa shape index (κ2) is 3.94. The molecule has 0 amide bonds. The Balaban J connectivity index is 2.26. The van der Waals surface area contributed by atoms with Crippen molar-refractivity contribution in [2.45, 2.75) is 6.92 Å². The third kappa shape index (κ3) is 1.77. The first kappa shape index (κ1) is 11.5. The van der Waals surface area contributed by atoms with E-state index in [9.17, 15) is 4.79 Å². The van der Waals surface area contributed by atoms with Gasteiger partial charge in [0, 0.05) is 19.5 Å². The van der Waals surface area contributed by atoms with Crippen LogP contribution in [0.3, 0.4) is 0 Å². The lowest BCUT2D eigenvalue weighted by Gasteiger charge is -2.01. The third-order valence-electron chi connectivity index (χ3n) is 2.90. The van der Waals surface area contributed by atoms with E-state index in [4.69, 9.17) is 9.52 Å². The van der Waals surface area contributed by atoms with Crippen molar-refractivity contribution in [1.29, 1.82) is 0 Å². The first-order valence-electron chi connectivity index (χ1n) is 5.70. The Bertz CT molecular complexity index is 786. The van der Waals surface area contributed by atoms with Gasteiger partial charge >= 0.3 is 5.97 Å². The second-order valence-corrected chi connectivity index (χ2v) is 4.23. The van der Waals surface area contributed by atoms with Crippen LogP contribution in [0, 0.1) is 6.92 Å². The lowest BCUT2D eigenvalue weighted by atomic mass is 10.1. The number of fused-ring (bicyclic) bond motifs is 1. The number of benzene rings is 1. The van der Waals surface area contributed by atoms with Gasteiger partial charge in [0.15, 0.2) is 17.2 Å². The van der Waals surface area contributed by atoms with Crippen LogP contribution in [0.25, 0.3) is 22.4 Å². The molecule has 6 heteroatoms. The predicted molar refractivity (Wildman–Crippen MR) is 67.9 cm³/mol. The van der Waals surface area contributed by atoms with Crippen LogP contribution < -0.4 is 0 Å². The van der Waals surface area contributed by atoms with Crippen molar-refractivity contribution in [2.24, 2.45) is 7.05 Å². The van der Waals surface area contributed by atoms with Crippen molar-refractivity contribution in [3.05, 3.63) is 35.9 Å². The van der Waals surface area contributed by atoms with Crippen molar-refractivity contribution >= 4 is 17.1 Å². The van der Waals surface area contributed by atoms with Gasteiger partial charge in [-0.25, -0.2) is 9.78 Å². The highest BCUT2D eigenvalue weighted by molar-refractivity contribution is 5.92. The molecule has 0 unspecified atom stereocenters. The zero-order chi connectivity index (χ0) is 13.6. The zero-order valence-corrected chi connectivity index (χ0v) is 10.4. The maximum absolute atomic E-state index is 11.0. The number of para-hydroxylation sites is 1. The number of aromatic nitrogens is 3. The van der Waals surface area contributed by atoms with Gasteiger partial charge in [0.1, 0.15) is 5.52 Å². The summed E-state index contributed by atoms with van der Waals surface area (Å²) < 4.78 is 7.10. The van der Waals surface area contributed by atoms with Crippen LogP contribution in [0.5, 0.6) is 0 Å². The van der Waals surface area contributed by atoms with E-state index in [1.807, 2.05) is 18.2 Å². The zero-order valence-electron chi connectivity index (χ0n) is 10.4. The maximum Gasteiger partial charge on any atom is 0.356 e. The van der Waals surface area contributed by atoms with Crippen molar-refractivity contribution in [2.75, 3.05) is 0 Å². The highest BCUT2D eigenvalue weighted by Gasteiger charge is 2.16. The molecule has 3 aromatic rings. The van der Waals surface area contributed by atoms with Crippen LogP contribution in [0.15, 0.2) is 28.7 Å². The fraction of sp³-hybridized carbons (Fsp3) is 0.154. The minimum Gasteiger partial charge on any atom is -0.476 e. The molecule has 0 aliphatic heterocycles. The number of carboxylic acid groups (broad SMARTS) is 1.